The van der Waals surface area contributed by atoms with Crippen molar-refractivity contribution in [3.05, 3.63) is 0 Å². The lowest BCUT2D eigenvalue weighted by Gasteiger charge is -2.47. The molecule has 238 valence electrons. The van der Waals surface area contributed by atoms with Crippen LogP contribution in [0.15, 0.2) is 0 Å². The first-order valence-corrected chi connectivity index (χ1v) is 13.5. The van der Waals surface area contributed by atoms with Gasteiger partial charge in [-0.1, -0.05) is 0 Å². The lowest BCUT2D eigenvalue weighted by Crippen LogP contribution is -2.66. The smallest absolute Gasteiger partial charge is 0.303 e. The molecule has 2 heterocycles. The monoisotopic (exact) mass is 618 g/mol. The molecular weight excluding hydrogens is 580 g/mol. The van der Waals surface area contributed by atoms with Gasteiger partial charge in [-0.15, -0.1) is 11.6 Å². The molecule has 2 fully saturated rings. The van der Waals surface area contributed by atoms with Crippen molar-refractivity contribution in [3.8, 4) is 0 Å². The summed E-state index contributed by atoms with van der Waals surface area (Å²) in [5.74, 6) is -1.94. The molecular formula is C24H39ClO16. The van der Waals surface area contributed by atoms with Crippen molar-refractivity contribution in [2.45, 2.75) is 82.2 Å². The van der Waals surface area contributed by atoms with Gasteiger partial charge in [-0.05, 0) is 0 Å². The van der Waals surface area contributed by atoms with E-state index >= 15 is 0 Å². The van der Waals surface area contributed by atoms with Gasteiger partial charge in [0, 0.05) is 26.7 Å². The molecule has 41 heavy (non-hydrogen) atoms. The number of carbonyl (C=O) groups excluding carboxylic acids is 3. The van der Waals surface area contributed by atoms with Crippen LogP contribution in [0.1, 0.15) is 20.8 Å². The van der Waals surface area contributed by atoms with E-state index in [-0.39, 0.29) is 19.8 Å². The number of alkyl halides is 1. The fourth-order valence-electron chi connectivity index (χ4n) is 4.09. The standard InChI is InChI=1S/C24H39ClO16/c1-12(27)36-11-16-20(37-13(2)28)21(41-23-19(32)18(31)17(30)15(10-26)39-23)22(38-14(3)29)24(40-16)35-9-8-34-7-6-33-5-4-25/h15-24,26,30-32H,4-11H2,1-3H3/t15-,16-,17+,18+,19-,20+,21+,22-,23-,24-/m1/s1. The Morgan fingerprint density at radius 2 is 1.29 bits per heavy atom. The first-order valence-electron chi connectivity index (χ1n) is 12.9. The normalized spacial score (nSPS) is 33.7. The van der Waals surface area contributed by atoms with Crippen LogP contribution in [-0.2, 0) is 57.0 Å². The van der Waals surface area contributed by atoms with Gasteiger partial charge < -0.3 is 63.1 Å². The van der Waals surface area contributed by atoms with Crippen molar-refractivity contribution in [2.24, 2.45) is 0 Å². The molecule has 2 aliphatic rings. The molecule has 2 rings (SSSR count). The predicted octanol–water partition coefficient (Wildman–Crippen LogP) is -2.39. The quantitative estimate of drug-likeness (QED) is 0.0614. The van der Waals surface area contributed by atoms with Crippen molar-refractivity contribution >= 4 is 29.5 Å². The van der Waals surface area contributed by atoms with E-state index in [9.17, 15) is 34.8 Å². The Hall–Kier alpha value is -1.70. The van der Waals surface area contributed by atoms with Gasteiger partial charge >= 0.3 is 17.9 Å². The third-order valence-corrected chi connectivity index (χ3v) is 6.04. The van der Waals surface area contributed by atoms with Crippen molar-refractivity contribution in [1.82, 2.24) is 0 Å². The summed E-state index contributed by atoms with van der Waals surface area (Å²) in [6.45, 7) is 3.04. The van der Waals surface area contributed by atoms with E-state index in [4.69, 9.17) is 54.2 Å². The Morgan fingerprint density at radius 1 is 0.707 bits per heavy atom. The number of hydrogen-bond donors (Lipinski definition) is 4. The summed E-state index contributed by atoms with van der Waals surface area (Å²) in [5.41, 5.74) is 0. The number of hydrogen-bond acceptors (Lipinski definition) is 16. The summed E-state index contributed by atoms with van der Waals surface area (Å²) in [4.78, 5) is 35.7. The Morgan fingerprint density at radius 3 is 1.88 bits per heavy atom. The van der Waals surface area contributed by atoms with Crippen LogP contribution in [0.2, 0.25) is 0 Å². The van der Waals surface area contributed by atoms with Gasteiger partial charge in [0.05, 0.1) is 39.6 Å². The van der Waals surface area contributed by atoms with E-state index in [1.165, 1.54) is 0 Å². The maximum Gasteiger partial charge on any atom is 0.303 e. The number of rotatable bonds is 16. The van der Waals surface area contributed by atoms with Crippen molar-refractivity contribution in [2.75, 3.05) is 52.1 Å². The van der Waals surface area contributed by atoms with Crippen LogP contribution in [-0.4, -0.2) is 152 Å². The summed E-state index contributed by atoms with van der Waals surface area (Å²) in [7, 11) is 0. The van der Waals surface area contributed by atoms with Gasteiger partial charge in [-0.25, -0.2) is 0 Å². The molecule has 0 saturated carbocycles. The van der Waals surface area contributed by atoms with Crippen LogP contribution in [0, 0.1) is 0 Å². The maximum atomic E-state index is 12.1. The molecule has 4 N–H and O–H groups in total. The largest absolute Gasteiger partial charge is 0.463 e. The van der Waals surface area contributed by atoms with Crippen molar-refractivity contribution in [1.29, 1.82) is 0 Å². The summed E-state index contributed by atoms with van der Waals surface area (Å²) in [6, 6.07) is 0. The number of ether oxygens (including phenoxy) is 9. The molecule has 0 aromatic carbocycles. The SMILES string of the molecule is CC(=O)OC[C@H]1O[C@@H](OCCOCCOCCCl)[C@H](OC(C)=O)[C@@H](O[C@H]2O[C@H](CO)[C@H](O)[C@H](O)[C@H]2O)[C@H]1OC(C)=O. The highest BCUT2D eigenvalue weighted by Crippen LogP contribution is 2.33. The molecule has 0 radical (unpaired) electrons. The molecule has 0 unspecified atom stereocenters. The van der Waals surface area contributed by atoms with Crippen LogP contribution >= 0.6 is 11.6 Å². The van der Waals surface area contributed by atoms with Crippen LogP contribution in [0.4, 0.5) is 0 Å². The molecule has 2 aliphatic heterocycles. The highest BCUT2D eigenvalue weighted by Gasteiger charge is 2.54. The molecule has 0 amide bonds. The van der Waals surface area contributed by atoms with Crippen LogP contribution < -0.4 is 0 Å². The highest BCUT2D eigenvalue weighted by molar-refractivity contribution is 6.17. The highest BCUT2D eigenvalue weighted by atomic mass is 35.5. The zero-order valence-corrected chi connectivity index (χ0v) is 23.8. The zero-order chi connectivity index (χ0) is 30.5. The number of aliphatic hydroxyl groups excluding tert-OH is 4. The minimum absolute atomic E-state index is 0.0666. The summed E-state index contributed by atoms with van der Waals surface area (Å²) in [5, 5.41) is 40.5. The molecule has 0 bridgehead atoms. The molecule has 0 aromatic heterocycles. The lowest BCUT2D eigenvalue weighted by molar-refractivity contribution is -0.361. The van der Waals surface area contributed by atoms with Gasteiger partial charge in [-0.3, -0.25) is 14.4 Å². The van der Waals surface area contributed by atoms with E-state index in [0.29, 0.717) is 19.1 Å². The predicted molar refractivity (Wildman–Crippen MR) is 133 cm³/mol. The van der Waals surface area contributed by atoms with Crippen LogP contribution in [0.25, 0.3) is 0 Å². The molecule has 10 atom stereocenters. The van der Waals surface area contributed by atoms with Gasteiger partial charge in [0.15, 0.2) is 24.8 Å². The number of aliphatic hydroxyl groups is 4. The zero-order valence-electron chi connectivity index (χ0n) is 23.0. The Balaban J connectivity index is 2.31. The minimum Gasteiger partial charge on any atom is -0.463 e. The van der Waals surface area contributed by atoms with Crippen molar-refractivity contribution < 1.29 is 77.4 Å². The Bertz CT molecular complexity index is 815. The summed E-state index contributed by atoms with van der Waals surface area (Å²) < 4.78 is 49.5. The van der Waals surface area contributed by atoms with E-state index in [1.807, 2.05) is 0 Å². The Labute approximate surface area is 241 Å². The van der Waals surface area contributed by atoms with Gasteiger partial charge in [0.25, 0.3) is 0 Å². The average Bonchev–Trinajstić information content (AvgIpc) is 2.91. The molecule has 0 aliphatic carbocycles. The molecule has 0 aromatic rings. The number of carbonyl (C=O) groups is 3. The molecule has 16 nitrogen and oxygen atoms in total. The van der Waals surface area contributed by atoms with Crippen molar-refractivity contribution in [3.63, 3.8) is 0 Å². The van der Waals surface area contributed by atoms with Gasteiger partial charge in [0.2, 0.25) is 0 Å². The Kier molecular flexibility index (Phi) is 15.6. The summed E-state index contributed by atoms with van der Waals surface area (Å²) in [6.07, 6.45) is -15.3. The lowest BCUT2D eigenvalue weighted by atomic mass is 9.96. The molecule has 2 saturated heterocycles. The van der Waals surface area contributed by atoms with Crippen LogP contribution in [0.5, 0.6) is 0 Å². The van der Waals surface area contributed by atoms with Crippen LogP contribution in [0.3, 0.4) is 0 Å². The second-order valence-electron chi connectivity index (χ2n) is 9.08. The second kappa shape index (κ2) is 18.1. The van der Waals surface area contributed by atoms with E-state index in [2.05, 4.69) is 0 Å². The van der Waals surface area contributed by atoms with E-state index in [1.54, 1.807) is 0 Å². The van der Waals surface area contributed by atoms with Gasteiger partial charge in [0.1, 0.15) is 43.2 Å². The second-order valence-corrected chi connectivity index (χ2v) is 9.45. The number of halogens is 1. The van der Waals surface area contributed by atoms with E-state index in [0.717, 1.165) is 20.8 Å². The fourth-order valence-corrected chi connectivity index (χ4v) is 4.20. The molecule has 17 heteroatoms. The maximum absolute atomic E-state index is 12.1. The fraction of sp³-hybridized carbons (Fsp3) is 0.875. The first kappa shape index (κ1) is 35.5. The summed E-state index contributed by atoms with van der Waals surface area (Å²) >= 11 is 5.54. The average molecular weight is 619 g/mol. The third kappa shape index (κ3) is 11.1. The van der Waals surface area contributed by atoms with E-state index < -0.39 is 92.5 Å². The van der Waals surface area contributed by atoms with Gasteiger partial charge in [-0.2, -0.15) is 0 Å². The minimum atomic E-state index is -1.84. The first-order chi connectivity index (χ1) is 19.5. The number of esters is 3. The third-order valence-electron chi connectivity index (χ3n) is 5.89. The topological polar surface area (TPSA) is 215 Å². The molecule has 0 spiro atoms.